The van der Waals surface area contributed by atoms with Crippen molar-refractivity contribution in [2.24, 2.45) is 0 Å². The molecule has 8 heteroatoms. The highest BCUT2D eigenvalue weighted by Gasteiger charge is 2.36. The summed E-state index contributed by atoms with van der Waals surface area (Å²) in [6, 6.07) is 7.24. The number of ether oxygens (including phenoxy) is 2. The Bertz CT molecular complexity index is 693. The van der Waals surface area contributed by atoms with Crippen molar-refractivity contribution in [1.82, 2.24) is 10.6 Å². The van der Waals surface area contributed by atoms with Crippen LogP contribution in [0.2, 0.25) is 0 Å². The average molecular weight is 502 g/mol. The highest BCUT2D eigenvalue weighted by molar-refractivity contribution is 14.1. The summed E-state index contributed by atoms with van der Waals surface area (Å²) in [5.41, 5.74) is 0.541. The first-order valence-corrected chi connectivity index (χ1v) is 10.7. The van der Waals surface area contributed by atoms with E-state index in [9.17, 15) is 9.90 Å². The fraction of sp³-hybridized carbons (Fsp3) is 0.550. The quantitative estimate of drug-likeness (QED) is 0.396. The van der Waals surface area contributed by atoms with E-state index in [1.807, 2.05) is 24.3 Å². The van der Waals surface area contributed by atoms with Gasteiger partial charge in [-0.15, -0.1) is 0 Å². The number of hydrogen-bond donors (Lipinski definition) is 4. The Morgan fingerprint density at radius 3 is 2.89 bits per heavy atom. The van der Waals surface area contributed by atoms with Gasteiger partial charge in [-0.2, -0.15) is 0 Å². The zero-order valence-electron chi connectivity index (χ0n) is 15.6. The Labute approximate surface area is 178 Å². The van der Waals surface area contributed by atoms with Gasteiger partial charge >= 0.3 is 0 Å². The van der Waals surface area contributed by atoms with Crippen molar-refractivity contribution in [2.45, 2.75) is 43.6 Å². The molecular weight excluding hydrogens is 475 g/mol. The number of aliphatic hydroxyl groups excluding tert-OH is 2. The number of nitrogens with one attached hydrogen (secondary N) is 2. The van der Waals surface area contributed by atoms with E-state index < -0.39 is 12.2 Å². The standard InChI is InChI=1S/C20H27IN2O5/c21-15-5-1-2-6-17(15)28-18-11-13(20(26)22-7-8-24)10-16(19(18)25)23-12-14-4-3-9-27-14/h1-2,5-6,11,14,16,18-19,23-25H,3-4,7-10,12H2,(H,22,26). The number of benzene rings is 1. The van der Waals surface area contributed by atoms with Crippen LogP contribution >= 0.6 is 22.6 Å². The highest BCUT2D eigenvalue weighted by atomic mass is 127. The van der Waals surface area contributed by atoms with Crippen molar-refractivity contribution < 1.29 is 24.5 Å². The number of aliphatic hydroxyl groups is 2. The highest BCUT2D eigenvalue weighted by Crippen LogP contribution is 2.27. The zero-order chi connectivity index (χ0) is 19.9. The SMILES string of the molecule is O=C(NCCO)C1=CC(Oc2ccccc2I)C(O)C(NCC2CCCO2)C1. The maximum Gasteiger partial charge on any atom is 0.247 e. The molecule has 1 aliphatic heterocycles. The van der Waals surface area contributed by atoms with E-state index in [0.29, 0.717) is 24.3 Å². The van der Waals surface area contributed by atoms with Crippen LogP contribution in [0, 0.1) is 3.57 Å². The Balaban J connectivity index is 1.73. The summed E-state index contributed by atoms with van der Waals surface area (Å²) in [6.07, 6.45) is 2.80. The summed E-state index contributed by atoms with van der Waals surface area (Å²) in [7, 11) is 0. The molecule has 1 saturated heterocycles. The first-order chi connectivity index (χ1) is 13.6. The first-order valence-electron chi connectivity index (χ1n) is 9.62. The van der Waals surface area contributed by atoms with Crippen LogP contribution in [0.5, 0.6) is 5.75 Å². The summed E-state index contributed by atoms with van der Waals surface area (Å²) >= 11 is 2.18. The van der Waals surface area contributed by atoms with Crippen molar-refractivity contribution >= 4 is 28.5 Å². The molecule has 154 valence electrons. The minimum absolute atomic E-state index is 0.121. The molecular formula is C20H27IN2O5. The van der Waals surface area contributed by atoms with Gasteiger partial charge in [-0.05, 0) is 60.1 Å². The molecule has 2 aliphatic rings. The van der Waals surface area contributed by atoms with Gasteiger partial charge in [-0.1, -0.05) is 12.1 Å². The van der Waals surface area contributed by atoms with Crippen LogP contribution in [0.1, 0.15) is 19.3 Å². The average Bonchev–Trinajstić information content (AvgIpc) is 3.22. The molecule has 1 aromatic rings. The van der Waals surface area contributed by atoms with E-state index in [1.54, 1.807) is 6.08 Å². The van der Waals surface area contributed by atoms with Gasteiger partial charge in [0.05, 0.1) is 16.3 Å². The monoisotopic (exact) mass is 502 g/mol. The van der Waals surface area contributed by atoms with E-state index in [0.717, 1.165) is 23.0 Å². The number of rotatable bonds is 8. The molecule has 7 nitrogen and oxygen atoms in total. The van der Waals surface area contributed by atoms with Crippen molar-refractivity contribution in [3.05, 3.63) is 39.5 Å². The number of amides is 1. The molecule has 0 radical (unpaired) electrons. The lowest BCUT2D eigenvalue weighted by Gasteiger charge is -2.35. The molecule has 4 N–H and O–H groups in total. The van der Waals surface area contributed by atoms with Crippen LogP contribution in [-0.2, 0) is 9.53 Å². The molecule has 0 aromatic heterocycles. The van der Waals surface area contributed by atoms with Gasteiger partial charge in [0.2, 0.25) is 5.91 Å². The maximum atomic E-state index is 12.5. The normalized spacial score (nSPS) is 27.3. The third kappa shape index (κ3) is 5.66. The van der Waals surface area contributed by atoms with Gasteiger partial charge < -0.3 is 30.3 Å². The van der Waals surface area contributed by atoms with Gasteiger partial charge in [-0.25, -0.2) is 0 Å². The largest absolute Gasteiger partial charge is 0.482 e. The number of carbonyl (C=O) groups is 1. The summed E-state index contributed by atoms with van der Waals surface area (Å²) in [6.45, 7) is 1.47. The predicted octanol–water partition coefficient (Wildman–Crippen LogP) is 0.975. The van der Waals surface area contributed by atoms with Crippen LogP contribution in [0.15, 0.2) is 35.9 Å². The zero-order valence-corrected chi connectivity index (χ0v) is 17.8. The van der Waals surface area contributed by atoms with E-state index in [-0.39, 0.29) is 31.2 Å². The molecule has 4 atom stereocenters. The van der Waals surface area contributed by atoms with Gasteiger partial charge in [0.25, 0.3) is 0 Å². The van der Waals surface area contributed by atoms with E-state index >= 15 is 0 Å². The second-order valence-electron chi connectivity index (χ2n) is 7.03. The molecule has 0 spiro atoms. The Kier molecular flexibility index (Phi) is 8.10. The van der Waals surface area contributed by atoms with Gasteiger partial charge in [0, 0.05) is 31.3 Å². The molecule has 1 aromatic carbocycles. The van der Waals surface area contributed by atoms with E-state index in [1.165, 1.54) is 0 Å². The topological polar surface area (TPSA) is 100 Å². The van der Waals surface area contributed by atoms with Crippen molar-refractivity contribution in [2.75, 3.05) is 26.3 Å². The smallest absolute Gasteiger partial charge is 0.247 e. The molecule has 0 bridgehead atoms. The lowest BCUT2D eigenvalue weighted by Crippen LogP contribution is -2.53. The van der Waals surface area contributed by atoms with Crippen molar-refractivity contribution in [3.63, 3.8) is 0 Å². The first kappa shape index (κ1) is 21.5. The fourth-order valence-corrected chi connectivity index (χ4v) is 3.99. The minimum atomic E-state index is -0.799. The molecule has 1 heterocycles. The number of hydrogen-bond acceptors (Lipinski definition) is 6. The predicted molar refractivity (Wildman–Crippen MR) is 113 cm³/mol. The van der Waals surface area contributed by atoms with Gasteiger partial charge in [0.15, 0.2) is 0 Å². The number of halogens is 1. The van der Waals surface area contributed by atoms with Gasteiger partial charge in [0.1, 0.15) is 18.0 Å². The number of carbonyl (C=O) groups excluding carboxylic acids is 1. The molecule has 1 amide bonds. The van der Waals surface area contributed by atoms with Crippen LogP contribution in [0.4, 0.5) is 0 Å². The Morgan fingerprint density at radius 1 is 1.36 bits per heavy atom. The second kappa shape index (κ2) is 10.5. The van der Waals surface area contributed by atoms with Crippen LogP contribution in [-0.4, -0.2) is 66.8 Å². The summed E-state index contributed by atoms with van der Waals surface area (Å²) < 4.78 is 12.6. The van der Waals surface area contributed by atoms with Crippen LogP contribution in [0.25, 0.3) is 0 Å². The summed E-state index contributed by atoms with van der Waals surface area (Å²) in [5.74, 6) is 0.416. The van der Waals surface area contributed by atoms with Gasteiger partial charge in [-0.3, -0.25) is 4.79 Å². The van der Waals surface area contributed by atoms with E-state index in [2.05, 4.69) is 33.2 Å². The third-order valence-electron chi connectivity index (χ3n) is 4.97. The molecule has 1 aliphatic carbocycles. The fourth-order valence-electron chi connectivity index (χ4n) is 3.47. The molecule has 3 rings (SSSR count). The third-order valence-corrected chi connectivity index (χ3v) is 5.87. The minimum Gasteiger partial charge on any atom is -0.482 e. The molecule has 1 fully saturated rings. The Hall–Kier alpha value is -1.20. The summed E-state index contributed by atoms with van der Waals surface area (Å²) in [5, 5.41) is 25.9. The lowest BCUT2D eigenvalue weighted by molar-refractivity contribution is -0.118. The van der Waals surface area contributed by atoms with Crippen molar-refractivity contribution in [1.29, 1.82) is 0 Å². The van der Waals surface area contributed by atoms with Crippen LogP contribution < -0.4 is 15.4 Å². The van der Waals surface area contributed by atoms with Crippen molar-refractivity contribution in [3.8, 4) is 5.75 Å². The summed E-state index contributed by atoms with van der Waals surface area (Å²) in [4.78, 5) is 12.5. The van der Waals surface area contributed by atoms with Crippen LogP contribution in [0.3, 0.4) is 0 Å². The Morgan fingerprint density at radius 2 is 2.18 bits per heavy atom. The van der Waals surface area contributed by atoms with E-state index in [4.69, 9.17) is 14.6 Å². The number of para-hydroxylation sites is 1. The lowest BCUT2D eigenvalue weighted by atomic mass is 9.89. The molecule has 0 saturated carbocycles. The molecule has 28 heavy (non-hydrogen) atoms. The molecule has 4 unspecified atom stereocenters. The second-order valence-corrected chi connectivity index (χ2v) is 8.19. The maximum absolute atomic E-state index is 12.5.